The average Bonchev–Trinajstić information content (AvgIpc) is 2.54. The molecule has 0 aliphatic carbocycles. The van der Waals surface area contributed by atoms with E-state index in [0.717, 1.165) is 0 Å². The van der Waals surface area contributed by atoms with Gasteiger partial charge in [0.25, 0.3) is 0 Å². The lowest BCUT2D eigenvalue weighted by atomic mass is 9.89. The fraction of sp³-hybridized carbons (Fsp3) is 1.00. The van der Waals surface area contributed by atoms with Gasteiger partial charge < -0.3 is 44.8 Å². The van der Waals surface area contributed by atoms with E-state index >= 15 is 0 Å². The first kappa shape index (κ1) is 19.0. The Morgan fingerprint density at radius 2 is 1.39 bits per heavy atom. The smallest absolute Gasteiger partial charge is 0.186 e. The number of rotatable bonds is 4. The van der Waals surface area contributed by atoms with Crippen LogP contribution in [-0.4, -0.2) is 99.0 Å². The number of hydrogen-bond acceptors (Lipinski definition) is 9. The molecule has 2 fully saturated rings. The third kappa shape index (κ3) is 3.84. The molecule has 0 saturated carbocycles. The van der Waals surface area contributed by atoms with Crippen LogP contribution in [0.5, 0.6) is 0 Å². The number of ether oxygens (including phenoxy) is 3. The van der Waals surface area contributed by atoms with Gasteiger partial charge in [0, 0.05) is 5.92 Å². The molecule has 0 spiro atoms. The van der Waals surface area contributed by atoms with Gasteiger partial charge in [-0.15, -0.1) is 0 Å². The van der Waals surface area contributed by atoms with Crippen molar-refractivity contribution in [1.29, 1.82) is 0 Å². The summed E-state index contributed by atoms with van der Waals surface area (Å²) in [7, 11) is 0. The van der Waals surface area contributed by atoms with Gasteiger partial charge in [0.05, 0.1) is 25.4 Å². The Balaban J connectivity index is 1.94. The minimum Gasteiger partial charge on any atom is -0.394 e. The zero-order valence-electron chi connectivity index (χ0n) is 13.1. The maximum atomic E-state index is 10.0. The standard InChI is InChI=1S/C14H26O9/c1-5-6(2)22-8(11(18)9(5)16)4-21-14-13(20)12(19)10(17)7(3-15)23-14/h5-20H,3-4H2,1-2H3/t5-,6-,7?,8?,9?,10-,11-,12?,13+,14+/m0/s1. The summed E-state index contributed by atoms with van der Waals surface area (Å²) in [5, 5.41) is 58.3. The summed E-state index contributed by atoms with van der Waals surface area (Å²) >= 11 is 0. The topological polar surface area (TPSA) is 149 Å². The van der Waals surface area contributed by atoms with Crippen LogP contribution < -0.4 is 0 Å². The molecule has 9 nitrogen and oxygen atoms in total. The van der Waals surface area contributed by atoms with Crippen LogP contribution >= 0.6 is 0 Å². The van der Waals surface area contributed by atoms with E-state index in [9.17, 15) is 25.5 Å². The fourth-order valence-electron chi connectivity index (χ4n) is 2.82. The van der Waals surface area contributed by atoms with Crippen molar-refractivity contribution in [3.8, 4) is 0 Å². The lowest BCUT2D eigenvalue weighted by Crippen LogP contribution is -2.60. The third-order valence-electron chi connectivity index (χ3n) is 4.67. The second kappa shape index (κ2) is 7.68. The molecule has 6 N–H and O–H groups in total. The Morgan fingerprint density at radius 1 is 0.783 bits per heavy atom. The van der Waals surface area contributed by atoms with Gasteiger partial charge in [0.15, 0.2) is 6.29 Å². The summed E-state index contributed by atoms with van der Waals surface area (Å²) in [6.45, 7) is 2.77. The van der Waals surface area contributed by atoms with Crippen molar-refractivity contribution < 1.29 is 44.8 Å². The maximum Gasteiger partial charge on any atom is 0.186 e. The molecule has 0 aromatic rings. The molecule has 0 amide bonds. The molecule has 0 aromatic carbocycles. The quantitative estimate of drug-likeness (QED) is 0.314. The van der Waals surface area contributed by atoms with E-state index in [4.69, 9.17) is 19.3 Å². The zero-order valence-corrected chi connectivity index (χ0v) is 13.1. The van der Waals surface area contributed by atoms with Crippen molar-refractivity contribution in [1.82, 2.24) is 0 Å². The lowest BCUT2D eigenvalue weighted by molar-refractivity contribution is -0.312. The molecule has 2 heterocycles. The molecule has 0 bridgehead atoms. The summed E-state index contributed by atoms with van der Waals surface area (Å²) in [6.07, 6.45) is -10.1. The van der Waals surface area contributed by atoms with E-state index in [1.54, 1.807) is 13.8 Å². The van der Waals surface area contributed by atoms with Gasteiger partial charge in [-0.3, -0.25) is 0 Å². The second-order valence-corrected chi connectivity index (χ2v) is 6.25. The van der Waals surface area contributed by atoms with Crippen LogP contribution in [0, 0.1) is 5.92 Å². The van der Waals surface area contributed by atoms with Crippen LogP contribution in [0.4, 0.5) is 0 Å². The van der Waals surface area contributed by atoms with Crippen molar-refractivity contribution in [3.63, 3.8) is 0 Å². The van der Waals surface area contributed by atoms with Crippen LogP contribution in [0.3, 0.4) is 0 Å². The van der Waals surface area contributed by atoms with Gasteiger partial charge >= 0.3 is 0 Å². The van der Waals surface area contributed by atoms with E-state index in [-0.39, 0.29) is 18.6 Å². The Labute approximate surface area is 134 Å². The summed E-state index contributed by atoms with van der Waals surface area (Å²) in [6, 6.07) is 0. The highest BCUT2D eigenvalue weighted by Crippen LogP contribution is 2.27. The molecule has 2 rings (SSSR count). The minimum atomic E-state index is -1.53. The monoisotopic (exact) mass is 338 g/mol. The maximum absolute atomic E-state index is 10.0. The van der Waals surface area contributed by atoms with Crippen LogP contribution in [0.2, 0.25) is 0 Å². The SMILES string of the molecule is C[C@@H]1OC(CO[C@@H]2OC(CO)[C@H](O)C(O)[C@H]2O)[C@H](O)C(O)[C@H]1C. The van der Waals surface area contributed by atoms with E-state index in [1.165, 1.54) is 0 Å². The summed E-state index contributed by atoms with van der Waals surface area (Å²) in [4.78, 5) is 0. The molecular weight excluding hydrogens is 312 g/mol. The number of aliphatic hydroxyl groups excluding tert-OH is 6. The van der Waals surface area contributed by atoms with Gasteiger partial charge in [-0.1, -0.05) is 6.92 Å². The van der Waals surface area contributed by atoms with E-state index in [0.29, 0.717) is 0 Å². The van der Waals surface area contributed by atoms with Crippen molar-refractivity contribution in [3.05, 3.63) is 0 Å². The average molecular weight is 338 g/mol. The lowest BCUT2D eigenvalue weighted by Gasteiger charge is -2.42. The first-order valence-electron chi connectivity index (χ1n) is 7.71. The molecule has 0 radical (unpaired) electrons. The van der Waals surface area contributed by atoms with Crippen LogP contribution in [0.1, 0.15) is 13.8 Å². The largest absolute Gasteiger partial charge is 0.394 e. The Bertz CT molecular complexity index is 379. The zero-order chi connectivity index (χ0) is 17.3. The van der Waals surface area contributed by atoms with Crippen molar-refractivity contribution in [2.24, 2.45) is 5.92 Å². The van der Waals surface area contributed by atoms with Gasteiger partial charge in [0.2, 0.25) is 0 Å². The van der Waals surface area contributed by atoms with Gasteiger partial charge in [-0.05, 0) is 6.92 Å². The molecule has 2 aliphatic rings. The molecule has 0 aromatic heterocycles. The highest BCUT2D eigenvalue weighted by Gasteiger charge is 2.45. The van der Waals surface area contributed by atoms with Crippen molar-refractivity contribution in [2.45, 2.75) is 69.0 Å². The second-order valence-electron chi connectivity index (χ2n) is 6.25. The molecule has 2 aliphatic heterocycles. The highest BCUT2D eigenvalue weighted by atomic mass is 16.7. The highest BCUT2D eigenvalue weighted by molar-refractivity contribution is 4.91. The van der Waals surface area contributed by atoms with Gasteiger partial charge in [0.1, 0.15) is 36.6 Å². The van der Waals surface area contributed by atoms with Gasteiger partial charge in [-0.25, -0.2) is 0 Å². The molecule has 23 heavy (non-hydrogen) atoms. The third-order valence-corrected chi connectivity index (χ3v) is 4.67. The number of hydrogen-bond donors (Lipinski definition) is 6. The first-order valence-corrected chi connectivity index (χ1v) is 7.71. The molecule has 9 heteroatoms. The number of aliphatic hydroxyl groups is 6. The first-order chi connectivity index (χ1) is 10.8. The van der Waals surface area contributed by atoms with Crippen molar-refractivity contribution >= 4 is 0 Å². The Hall–Kier alpha value is -0.360. The molecule has 2 saturated heterocycles. The summed E-state index contributed by atoms with van der Waals surface area (Å²) in [5.74, 6) is -0.242. The van der Waals surface area contributed by atoms with E-state index < -0.39 is 55.6 Å². The molecule has 136 valence electrons. The minimum absolute atomic E-state index is 0.196. The van der Waals surface area contributed by atoms with Crippen molar-refractivity contribution in [2.75, 3.05) is 13.2 Å². The van der Waals surface area contributed by atoms with E-state index in [2.05, 4.69) is 0 Å². The Morgan fingerprint density at radius 3 is 2.00 bits per heavy atom. The van der Waals surface area contributed by atoms with Crippen LogP contribution in [-0.2, 0) is 14.2 Å². The van der Waals surface area contributed by atoms with E-state index in [1.807, 2.05) is 0 Å². The normalized spacial score (nSPS) is 51.7. The van der Waals surface area contributed by atoms with Gasteiger partial charge in [-0.2, -0.15) is 0 Å². The fourth-order valence-corrected chi connectivity index (χ4v) is 2.82. The molecule has 4 unspecified atom stereocenters. The molecular formula is C14H26O9. The Kier molecular flexibility index (Phi) is 6.34. The predicted octanol–water partition coefficient (Wildman–Crippen LogP) is -3.05. The predicted molar refractivity (Wildman–Crippen MR) is 75.2 cm³/mol. The van der Waals surface area contributed by atoms with Crippen LogP contribution in [0.25, 0.3) is 0 Å². The van der Waals surface area contributed by atoms with Crippen LogP contribution in [0.15, 0.2) is 0 Å². The molecule has 10 atom stereocenters. The summed E-state index contributed by atoms with van der Waals surface area (Å²) in [5.41, 5.74) is 0. The summed E-state index contributed by atoms with van der Waals surface area (Å²) < 4.78 is 16.1.